The zero-order valence-corrected chi connectivity index (χ0v) is 14.8. The summed E-state index contributed by atoms with van der Waals surface area (Å²) in [6.45, 7) is 3.97. The van der Waals surface area contributed by atoms with Gasteiger partial charge in [0.05, 0.1) is 5.92 Å². The van der Waals surface area contributed by atoms with Crippen LogP contribution in [-0.4, -0.2) is 32.9 Å². The van der Waals surface area contributed by atoms with Crippen LogP contribution in [0, 0.1) is 19.8 Å². The average molecular weight is 351 g/mol. The number of aliphatic carboxylic acids is 1. The number of rotatable bonds is 6. The maximum atomic E-state index is 12.4. The Balaban J connectivity index is 1.67. The van der Waals surface area contributed by atoms with E-state index in [0.717, 1.165) is 16.7 Å². The molecule has 0 saturated heterocycles. The van der Waals surface area contributed by atoms with Crippen LogP contribution >= 0.6 is 0 Å². The molecule has 1 amide bonds. The number of nitrogens with zero attached hydrogens (tertiary/aromatic N) is 2. The highest BCUT2D eigenvalue weighted by molar-refractivity contribution is 5.93. The Morgan fingerprint density at radius 1 is 1.19 bits per heavy atom. The Morgan fingerprint density at radius 3 is 2.69 bits per heavy atom. The third-order valence-corrected chi connectivity index (χ3v) is 4.27. The Labute approximate surface area is 151 Å². The van der Waals surface area contributed by atoms with Gasteiger partial charge in [-0.3, -0.25) is 9.59 Å². The third-order valence-electron chi connectivity index (χ3n) is 4.27. The fourth-order valence-corrected chi connectivity index (χ4v) is 2.87. The number of pyridine rings is 1. The molecule has 0 spiro atoms. The standard InChI is InChI=1S/C20H21N3O3/c1-13-4-3-5-15(8-13)10-16(20(25)26)11-21-19(24)17-12-23-7-6-14(2)9-18(23)22-17/h3-9,12,16H,10-11H2,1-2H3,(H,21,24)(H,25,26). The van der Waals surface area contributed by atoms with Crippen LogP contribution in [0.5, 0.6) is 0 Å². The van der Waals surface area contributed by atoms with Crippen LogP contribution in [0.2, 0.25) is 0 Å². The van der Waals surface area contributed by atoms with Crippen molar-refractivity contribution in [2.75, 3.05) is 6.54 Å². The van der Waals surface area contributed by atoms with E-state index in [0.29, 0.717) is 12.1 Å². The number of carboxylic acids is 1. The summed E-state index contributed by atoms with van der Waals surface area (Å²) in [5.41, 5.74) is 4.03. The van der Waals surface area contributed by atoms with E-state index < -0.39 is 11.9 Å². The maximum Gasteiger partial charge on any atom is 0.308 e. The lowest BCUT2D eigenvalue weighted by molar-refractivity contribution is -0.141. The molecule has 6 nitrogen and oxygen atoms in total. The number of hydrogen-bond donors (Lipinski definition) is 2. The van der Waals surface area contributed by atoms with E-state index in [4.69, 9.17) is 0 Å². The predicted molar refractivity (Wildman–Crippen MR) is 98.3 cm³/mol. The molecule has 2 N–H and O–H groups in total. The van der Waals surface area contributed by atoms with Crippen molar-refractivity contribution in [3.05, 3.63) is 71.2 Å². The second kappa shape index (κ2) is 7.39. The molecule has 2 heterocycles. The van der Waals surface area contributed by atoms with Gasteiger partial charge in [-0.2, -0.15) is 0 Å². The monoisotopic (exact) mass is 351 g/mol. The highest BCUT2D eigenvalue weighted by atomic mass is 16.4. The van der Waals surface area contributed by atoms with Crippen molar-refractivity contribution in [3.63, 3.8) is 0 Å². The average Bonchev–Trinajstić information content (AvgIpc) is 3.01. The van der Waals surface area contributed by atoms with Crippen LogP contribution in [0.4, 0.5) is 0 Å². The van der Waals surface area contributed by atoms with Crippen molar-refractivity contribution < 1.29 is 14.7 Å². The molecule has 0 aliphatic rings. The Hall–Kier alpha value is -3.15. The number of imidazole rings is 1. The third kappa shape index (κ3) is 4.08. The fourth-order valence-electron chi connectivity index (χ4n) is 2.87. The van der Waals surface area contributed by atoms with E-state index in [1.807, 2.05) is 56.4 Å². The molecule has 6 heteroatoms. The molecule has 0 saturated carbocycles. The van der Waals surface area contributed by atoms with Crippen molar-refractivity contribution in [2.45, 2.75) is 20.3 Å². The molecule has 0 bridgehead atoms. The van der Waals surface area contributed by atoms with Gasteiger partial charge in [0.2, 0.25) is 0 Å². The first kappa shape index (κ1) is 17.7. The van der Waals surface area contributed by atoms with Gasteiger partial charge in [0.25, 0.3) is 5.91 Å². The molecule has 1 aromatic carbocycles. The smallest absolute Gasteiger partial charge is 0.308 e. The van der Waals surface area contributed by atoms with Gasteiger partial charge in [-0.1, -0.05) is 29.8 Å². The summed E-state index contributed by atoms with van der Waals surface area (Å²) in [7, 11) is 0. The van der Waals surface area contributed by atoms with E-state index in [1.54, 1.807) is 10.6 Å². The molecule has 2 aromatic heterocycles. The highest BCUT2D eigenvalue weighted by Gasteiger charge is 2.20. The summed E-state index contributed by atoms with van der Waals surface area (Å²) in [6, 6.07) is 11.5. The van der Waals surface area contributed by atoms with Crippen molar-refractivity contribution in [1.82, 2.24) is 14.7 Å². The summed E-state index contributed by atoms with van der Waals surface area (Å²) in [5, 5.41) is 12.2. The summed E-state index contributed by atoms with van der Waals surface area (Å²) in [6.07, 6.45) is 3.84. The van der Waals surface area contributed by atoms with E-state index in [2.05, 4.69) is 10.3 Å². The van der Waals surface area contributed by atoms with Gasteiger partial charge in [-0.05, 0) is 43.5 Å². The van der Waals surface area contributed by atoms with Crippen LogP contribution < -0.4 is 5.32 Å². The molecule has 3 rings (SSSR count). The Morgan fingerprint density at radius 2 is 1.96 bits per heavy atom. The van der Waals surface area contributed by atoms with Gasteiger partial charge in [0, 0.05) is 18.9 Å². The van der Waals surface area contributed by atoms with Crippen LogP contribution in [0.15, 0.2) is 48.8 Å². The van der Waals surface area contributed by atoms with Gasteiger partial charge < -0.3 is 14.8 Å². The minimum absolute atomic E-state index is 0.0506. The molecule has 0 radical (unpaired) electrons. The second-order valence-corrected chi connectivity index (χ2v) is 6.53. The molecular weight excluding hydrogens is 330 g/mol. The number of nitrogens with one attached hydrogen (secondary N) is 1. The first-order valence-electron chi connectivity index (χ1n) is 8.44. The first-order valence-corrected chi connectivity index (χ1v) is 8.44. The lowest BCUT2D eigenvalue weighted by atomic mass is 9.98. The molecule has 0 aliphatic heterocycles. The molecular formula is C20H21N3O3. The van der Waals surface area contributed by atoms with Crippen molar-refractivity contribution >= 4 is 17.5 Å². The largest absolute Gasteiger partial charge is 0.481 e. The van der Waals surface area contributed by atoms with Gasteiger partial charge in [0.15, 0.2) is 0 Å². The molecule has 26 heavy (non-hydrogen) atoms. The van der Waals surface area contributed by atoms with E-state index in [-0.39, 0.29) is 18.1 Å². The van der Waals surface area contributed by atoms with Crippen LogP contribution in [-0.2, 0) is 11.2 Å². The number of hydrogen-bond acceptors (Lipinski definition) is 3. The lowest BCUT2D eigenvalue weighted by Crippen LogP contribution is -2.34. The lowest BCUT2D eigenvalue weighted by Gasteiger charge is -2.13. The Kier molecular flexibility index (Phi) is 5.02. The number of benzene rings is 1. The first-order chi connectivity index (χ1) is 12.4. The number of carbonyl (C=O) groups excluding carboxylic acids is 1. The normalized spacial score (nSPS) is 12.1. The molecule has 134 valence electrons. The molecule has 1 unspecified atom stereocenters. The summed E-state index contributed by atoms with van der Waals surface area (Å²) < 4.78 is 1.77. The minimum Gasteiger partial charge on any atom is -0.481 e. The number of aromatic nitrogens is 2. The molecule has 0 aliphatic carbocycles. The van der Waals surface area contributed by atoms with E-state index in [1.165, 1.54) is 0 Å². The zero-order valence-electron chi connectivity index (χ0n) is 14.8. The summed E-state index contributed by atoms with van der Waals surface area (Å²) in [4.78, 5) is 28.2. The minimum atomic E-state index is -0.933. The highest BCUT2D eigenvalue weighted by Crippen LogP contribution is 2.12. The van der Waals surface area contributed by atoms with Crippen molar-refractivity contribution in [3.8, 4) is 0 Å². The van der Waals surface area contributed by atoms with E-state index >= 15 is 0 Å². The van der Waals surface area contributed by atoms with Crippen LogP contribution in [0.3, 0.4) is 0 Å². The number of fused-ring (bicyclic) bond motifs is 1. The number of carbonyl (C=O) groups is 2. The molecule has 0 fully saturated rings. The quantitative estimate of drug-likeness (QED) is 0.715. The SMILES string of the molecule is Cc1cccc(CC(CNC(=O)c2cn3ccc(C)cc3n2)C(=O)O)c1. The molecule has 1 atom stereocenters. The molecule has 3 aromatic rings. The van der Waals surface area contributed by atoms with Crippen molar-refractivity contribution in [2.24, 2.45) is 5.92 Å². The summed E-state index contributed by atoms with van der Waals surface area (Å²) in [5.74, 6) is -2.00. The van der Waals surface area contributed by atoms with Crippen LogP contribution in [0.25, 0.3) is 5.65 Å². The van der Waals surface area contributed by atoms with Crippen molar-refractivity contribution in [1.29, 1.82) is 0 Å². The second-order valence-electron chi connectivity index (χ2n) is 6.53. The predicted octanol–water partition coefficient (Wildman–Crippen LogP) is 2.62. The van der Waals surface area contributed by atoms with Gasteiger partial charge in [-0.25, -0.2) is 4.98 Å². The van der Waals surface area contributed by atoms with Crippen LogP contribution in [0.1, 0.15) is 27.2 Å². The number of carboxylic acid groups (broad SMARTS) is 1. The number of amides is 1. The topological polar surface area (TPSA) is 83.7 Å². The number of aryl methyl sites for hydroxylation is 2. The van der Waals surface area contributed by atoms with E-state index in [9.17, 15) is 14.7 Å². The van der Waals surface area contributed by atoms with Gasteiger partial charge in [0.1, 0.15) is 11.3 Å². The Bertz CT molecular complexity index is 962. The van der Waals surface area contributed by atoms with Gasteiger partial charge in [-0.15, -0.1) is 0 Å². The fraction of sp³-hybridized carbons (Fsp3) is 0.250. The zero-order chi connectivity index (χ0) is 18.7. The summed E-state index contributed by atoms with van der Waals surface area (Å²) >= 11 is 0. The van der Waals surface area contributed by atoms with Gasteiger partial charge >= 0.3 is 5.97 Å². The maximum absolute atomic E-state index is 12.4.